The number of carbonyl (C=O) groups excluding carboxylic acids is 1. The fourth-order valence-corrected chi connectivity index (χ4v) is 5.37. The van der Waals surface area contributed by atoms with Crippen LogP contribution in [0.1, 0.15) is 29.4 Å². The Labute approximate surface area is 207 Å². The van der Waals surface area contributed by atoms with Crippen molar-refractivity contribution < 1.29 is 22.3 Å². The van der Waals surface area contributed by atoms with E-state index < -0.39 is 21.9 Å². The molecule has 1 fully saturated rings. The van der Waals surface area contributed by atoms with E-state index in [1.165, 1.54) is 29.6 Å². The number of pyridine rings is 1. The lowest BCUT2D eigenvalue weighted by Gasteiger charge is -2.41. The Morgan fingerprint density at radius 3 is 2.58 bits per heavy atom. The fourth-order valence-electron chi connectivity index (χ4n) is 4.42. The molecular formula is C23H24FN7O4S. The summed E-state index contributed by atoms with van der Waals surface area (Å²) in [6.07, 6.45) is 2.90. The van der Waals surface area contributed by atoms with E-state index >= 15 is 0 Å². The van der Waals surface area contributed by atoms with Gasteiger partial charge in [-0.15, -0.1) is 0 Å². The quantitative estimate of drug-likeness (QED) is 0.556. The molecule has 1 atom stereocenters. The number of hydrogen-bond donors (Lipinski definition) is 1. The van der Waals surface area contributed by atoms with Gasteiger partial charge in [-0.25, -0.2) is 37.4 Å². The number of primary sulfonamides is 1. The number of ether oxygens (including phenoxy) is 1. The van der Waals surface area contributed by atoms with Gasteiger partial charge in [0.25, 0.3) is 0 Å². The number of nitrogens with two attached hydrogens (primary N) is 1. The number of likely N-dealkylation sites (tertiary alicyclic amines) is 1. The smallest absolute Gasteiger partial charge is 0.341 e. The average Bonchev–Trinajstić information content (AvgIpc) is 3.41. The summed E-state index contributed by atoms with van der Waals surface area (Å²) in [6.45, 7) is 3.57. The Bertz CT molecular complexity index is 1450. The van der Waals surface area contributed by atoms with Crippen molar-refractivity contribution in [3.63, 3.8) is 0 Å². The summed E-state index contributed by atoms with van der Waals surface area (Å²) in [5.41, 5.74) is 1.45. The first-order valence-electron chi connectivity index (χ1n) is 11.2. The van der Waals surface area contributed by atoms with Crippen LogP contribution in [0.5, 0.6) is 5.75 Å². The number of benzene rings is 1. The van der Waals surface area contributed by atoms with Gasteiger partial charge in [0.15, 0.2) is 17.4 Å². The van der Waals surface area contributed by atoms with E-state index in [0.717, 1.165) is 11.8 Å². The first-order valence-corrected chi connectivity index (χ1v) is 12.7. The number of hydrogen-bond acceptors (Lipinski definition) is 7. The Kier molecular flexibility index (Phi) is 5.96. The largest absolute Gasteiger partial charge is 0.483 e. The van der Waals surface area contributed by atoms with Crippen LogP contribution in [0, 0.1) is 19.7 Å². The van der Waals surface area contributed by atoms with Crippen LogP contribution >= 0.6 is 0 Å². The number of halogens is 1. The molecule has 0 saturated carbocycles. The second-order valence-corrected chi connectivity index (χ2v) is 10.2. The standard InChI is InChI=1S/C23H24FN7O4S/c1-14-22(36(25,33)34)15(2)30(28-14)21-10-20(18(24)11-26-21)35-17-12-29(13-17)23(32)31-19(8-9-27-31)16-6-4-3-5-7-16/h3-7,9-11,17,19H,8,12-13H2,1-2H3,(H2,25,33,34)/t19-/m0/s1. The third kappa shape index (κ3) is 4.31. The molecule has 36 heavy (non-hydrogen) atoms. The molecular weight excluding hydrogens is 489 g/mol. The molecule has 0 bridgehead atoms. The monoisotopic (exact) mass is 513 g/mol. The first kappa shape index (κ1) is 23.9. The Hall–Kier alpha value is -3.84. The number of amides is 2. The number of nitrogens with zero attached hydrogens (tertiary/aromatic N) is 6. The molecule has 2 amide bonds. The maximum Gasteiger partial charge on any atom is 0.341 e. The predicted molar refractivity (Wildman–Crippen MR) is 128 cm³/mol. The minimum absolute atomic E-state index is 0.0804. The molecule has 3 aromatic rings. The predicted octanol–water partition coefficient (Wildman–Crippen LogP) is 2.29. The van der Waals surface area contributed by atoms with Gasteiger partial charge in [-0.3, -0.25) is 0 Å². The zero-order valence-electron chi connectivity index (χ0n) is 19.6. The summed E-state index contributed by atoms with van der Waals surface area (Å²) in [5, 5.41) is 15.2. The van der Waals surface area contributed by atoms with Crippen LogP contribution < -0.4 is 9.88 Å². The van der Waals surface area contributed by atoms with Crippen LogP contribution in [0.15, 0.2) is 52.6 Å². The van der Waals surface area contributed by atoms with Crippen molar-refractivity contribution >= 4 is 22.3 Å². The van der Waals surface area contributed by atoms with Gasteiger partial charge in [-0.1, -0.05) is 30.3 Å². The Balaban J connectivity index is 1.27. The van der Waals surface area contributed by atoms with Crippen molar-refractivity contribution in [3.05, 3.63) is 65.4 Å². The fraction of sp³-hybridized carbons (Fsp3) is 0.304. The lowest BCUT2D eigenvalue weighted by Crippen LogP contribution is -2.58. The molecule has 0 spiro atoms. The molecule has 188 valence electrons. The molecule has 2 N–H and O–H groups in total. The van der Waals surface area contributed by atoms with Crippen molar-refractivity contribution in [1.29, 1.82) is 0 Å². The highest BCUT2D eigenvalue weighted by Gasteiger charge is 2.39. The molecule has 13 heteroatoms. The van der Waals surface area contributed by atoms with Gasteiger partial charge < -0.3 is 9.64 Å². The molecule has 0 radical (unpaired) electrons. The van der Waals surface area contributed by atoms with Crippen LogP contribution in [-0.2, 0) is 10.0 Å². The molecule has 1 saturated heterocycles. The van der Waals surface area contributed by atoms with Crippen molar-refractivity contribution in [1.82, 2.24) is 24.7 Å². The minimum atomic E-state index is -3.99. The molecule has 0 unspecified atom stereocenters. The van der Waals surface area contributed by atoms with Crippen LogP contribution in [-0.4, -0.2) is 64.5 Å². The number of carbonyl (C=O) groups is 1. The van der Waals surface area contributed by atoms with Gasteiger partial charge in [-0.05, 0) is 19.4 Å². The van der Waals surface area contributed by atoms with Crippen molar-refractivity contribution in [2.45, 2.75) is 37.3 Å². The van der Waals surface area contributed by atoms with E-state index in [4.69, 9.17) is 9.88 Å². The molecule has 4 heterocycles. The highest BCUT2D eigenvalue weighted by molar-refractivity contribution is 7.89. The van der Waals surface area contributed by atoms with E-state index in [2.05, 4.69) is 15.2 Å². The molecule has 2 aliphatic rings. The molecule has 5 rings (SSSR count). The Morgan fingerprint density at radius 1 is 1.19 bits per heavy atom. The molecule has 0 aliphatic carbocycles. The van der Waals surface area contributed by atoms with E-state index in [0.29, 0.717) is 6.42 Å². The van der Waals surface area contributed by atoms with Gasteiger partial charge in [0, 0.05) is 18.7 Å². The molecule has 2 aliphatic heterocycles. The van der Waals surface area contributed by atoms with Crippen LogP contribution in [0.4, 0.5) is 9.18 Å². The second kappa shape index (κ2) is 8.99. The van der Waals surface area contributed by atoms with Gasteiger partial charge in [0.05, 0.1) is 36.7 Å². The maximum atomic E-state index is 14.5. The lowest BCUT2D eigenvalue weighted by atomic mass is 10.0. The summed E-state index contributed by atoms with van der Waals surface area (Å²) in [4.78, 5) is 18.5. The van der Waals surface area contributed by atoms with E-state index in [1.807, 2.05) is 30.3 Å². The normalized spacial score (nSPS) is 17.9. The third-order valence-corrected chi connectivity index (χ3v) is 7.31. The summed E-state index contributed by atoms with van der Waals surface area (Å²) in [6, 6.07) is 10.6. The van der Waals surface area contributed by atoms with Crippen LogP contribution in [0.3, 0.4) is 0 Å². The van der Waals surface area contributed by atoms with Gasteiger partial charge in [0.2, 0.25) is 10.0 Å². The van der Waals surface area contributed by atoms with E-state index in [-0.39, 0.29) is 53.0 Å². The van der Waals surface area contributed by atoms with Gasteiger partial charge >= 0.3 is 6.03 Å². The highest BCUT2D eigenvalue weighted by atomic mass is 32.2. The number of aryl methyl sites for hydroxylation is 1. The number of sulfonamides is 1. The molecule has 11 nitrogen and oxygen atoms in total. The Morgan fingerprint density at radius 2 is 1.92 bits per heavy atom. The molecule has 1 aromatic carbocycles. The maximum absolute atomic E-state index is 14.5. The summed E-state index contributed by atoms with van der Waals surface area (Å²) >= 11 is 0. The van der Waals surface area contributed by atoms with Gasteiger partial charge in [0.1, 0.15) is 11.0 Å². The number of urea groups is 1. The zero-order valence-corrected chi connectivity index (χ0v) is 20.4. The third-order valence-electron chi connectivity index (χ3n) is 6.15. The van der Waals surface area contributed by atoms with Gasteiger partial charge in [-0.2, -0.15) is 10.2 Å². The summed E-state index contributed by atoms with van der Waals surface area (Å²) in [5.74, 6) is -0.598. The van der Waals surface area contributed by atoms with Crippen molar-refractivity contribution in [3.8, 4) is 11.6 Å². The zero-order chi connectivity index (χ0) is 25.6. The lowest BCUT2D eigenvalue weighted by molar-refractivity contribution is 0.0256. The number of hydrazone groups is 1. The second-order valence-electron chi connectivity index (χ2n) is 8.66. The average molecular weight is 514 g/mol. The topological polar surface area (TPSA) is 136 Å². The van der Waals surface area contributed by atoms with Crippen molar-refractivity contribution in [2.75, 3.05) is 13.1 Å². The van der Waals surface area contributed by atoms with Crippen LogP contribution in [0.2, 0.25) is 0 Å². The summed E-state index contributed by atoms with van der Waals surface area (Å²) in [7, 11) is -3.99. The van der Waals surface area contributed by atoms with E-state index in [1.54, 1.807) is 11.1 Å². The van der Waals surface area contributed by atoms with E-state index in [9.17, 15) is 17.6 Å². The minimum Gasteiger partial charge on any atom is -0.483 e. The van der Waals surface area contributed by atoms with Crippen molar-refractivity contribution in [2.24, 2.45) is 10.2 Å². The van der Waals surface area contributed by atoms with Crippen LogP contribution in [0.25, 0.3) is 5.82 Å². The molecule has 2 aromatic heterocycles. The highest BCUT2D eigenvalue weighted by Crippen LogP contribution is 2.31. The summed E-state index contributed by atoms with van der Waals surface area (Å²) < 4.78 is 45.3. The number of aromatic nitrogens is 3. The SMILES string of the molecule is Cc1nn(-c2cc(OC3CN(C(=O)N4N=CC[C@H]4c4ccccc4)C3)c(F)cn2)c(C)c1S(N)(=O)=O. The number of rotatable bonds is 5. The first-order chi connectivity index (χ1) is 17.1.